The molecule has 15 heavy (non-hydrogen) atoms. The zero-order valence-electron chi connectivity index (χ0n) is 6.34. The van der Waals surface area contributed by atoms with Crippen LogP contribution in [-0.2, 0) is 10.1 Å². The minimum absolute atomic E-state index is 0. The van der Waals surface area contributed by atoms with Crippen molar-refractivity contribution in [3.63, 3.8) is 0 Å². The van der Waals surface area contributed by atoms with Gasteiger partial charge in [-0.1, -0.05) is 6.07 Å². The van der Waals surface area contributed by atoms with Gasteiger partial charge in [-0.25, -0.2) is 4.79 Å². The number of hydrogen-bond acceptors (Lipinski definition) is 3. The first-order valence-electron chi connectivity index (χ1n) is 3.22. The molecule has 0 aliphatic carbocycles. The average Bonchev–Trinajstić information content (AvgIpc) is 2.03. The molecule has 0 aromatic heterocycles. The molecule has 0 amide bonds. The molecule has 5 nitrogen and oxygen atoms in total. The molecule has 0 bridgehead atoms. The monoisotopic (exact) mass is 250 g/mol. The van der Waals surface area contributed by atoms with Gasteiger partial charge >= 0.3 is 65.1 Å². The summed E-state index contributed by atoms with van der Waals surface area (Å²) in [6, 6.07) is 4.48. The Morgan fingerprint density at radius 1 is 1.20 bits per heavy atom. The van der Waals surface area contributed by atoms with Crippen molar-refractivity contribution in [3.05, 3.63) is 29.8 Å². The van der Waals surface area contributed by atoms with Gasteiger partial charge in [0.2, 0.25) is 0 Å². The number of carbonyl (C=O) groups is 1. The molecular weight excluding hydrogens is 242 g/mol. The number of rotatable bonds is 2. The second kappa shape index (κ2) is 7.03. The molecule has 74 valence electrons. The summed E-state index contributed by atoms with van der Waals surface area (Å²) in [5.41, 5.74) is -0.185. The van der Waals surface area contributed by atoms with E-state index in [0.29, 0.717) is 0 Å². The van der Waals surface area contributed by atoms with Gasteiger partial charge in [0.25, 0.3) is 10.1 Å². The van der Waals surface area contributed by atoms with E-state index >= 15 is 0 Å². The molecule has 1 rings (SSSR count). The van der Waals surface area contributed by atoms with Crippen LogP contribution >= 0.6 is 0 Å². The second-order valence-electron chi connectivity index (χ2n) is 2.31. The van der Waals surface area contributed by atoms with Crippen LogP contribution < -0.4 is 0 Å². The molecule has 1 aromatic rings. The average molecular weight is 250 g/mol. The van der Waals surface area contributed by atoms with E-state index in [1.807, 2.05) is 0 Å². The van der Waals surface area contributed by atoms with E-state index in [2.05, 4.69) is 0 Å². The summed E-state index contributed by atoms with van der Waals surface area (Å²) in [6.07, 6.45) is 0. The van der Waals surface area contributed by atoms with E-state index in [-0.39, 0.29) is 64.7 Å². The Morgan fingerprint density at radius 2 is 1.73 bits per heavy atom. The van der Waals surface area contributed by atoms with Crippen molar-refractivity contribution in [1.82, 2.24) is 0 Å². The normalized spacial score (nSPS) is 9.67. The fraction of sp³-hybridized carbons (Fsp3) is 0. The fourth-order valence-electron chi connectivity index (χ4n) is 0.790. The third-order valence-electron chi connectivity index (χ3n) is 1.38. The first kappa shape index (κ1) is 18.0. The molecule has 0 saturated carbocycles. The van der Waals surface area contributed by atoms with Gasteiger partial charge < -0.3 is 5.11 Å². The van der Waals surface area contributed by atoms with Crippen LogP contribution in [0.15, 0.2) is 29.2 Å². The van der Waals surface area contributed by atoms with Gasteiger partial charge in [0, 0.05) is 0 Å². The number of aromatic carboxylic acids is 1. The number of benzene rings is 1. The number of hydrogen-bond donors (Lipinski definition) is 2. The number of carboxylic acids is 1. The molecule has 0 saturated heterocycles. The molecule has 0 aliphatic heterocycles. The molecule has 0 unspecified atom stereocenters. The zero-order valence-corrected chi connectivity index (χ0v) is 7.15. The van der Waals surface area contributed by atoms with E-state index < -0.39 is 21.0 Å². The van der Waals surface area contributed by atoms with E-state index in [4.69, 9.17) is 9.66 Å². The van der Waals surface area contributed by atoms with E-state index in [9.17, 15) is 13.2 Å². The maximum absolute atomic E-state index is 10.6. The molecule has 0 aliphatic rings. The van der Waals surface area contributed by atoms with Gasteiger partial charge in [-0.2, -0.15) is 8.42 Å². The zero-order chi connectivity index (χ0) is 10.1. The minimum atomic E-state index is -4.32. The molecule has 0 heterocycles. The van der Waals surface area contributed by atoms with Gasteiger partial charge in [0.15, 0.2) is 0 Å². The summed E-state index contributed by atoms with van der Waals surface area (Å²) in [4.78, 5) is 9.98. The summed E-state index contributed by atoms with van der Waals surface area (Å²) >= 11 is 0. The molecule has 0 spiro atoms. The summed E-state index contributed by atoms with van der Waals surface area (Å²) in [7, 11) is -4.32. The van der Waals surface area contributed by atoms with E-state index in [1.165, 1.54) is 12.1 Å². The quantitative estimate of drug-likeness (QED) is 0.536. The van der Waals surface area contributed by atoms with Crippen LogP contribution in [0.4, 0.5) is 0 Å². The summed E-state index contributed by atoms with van der Waals surface area (Å²) in [6.45, 7) is 0. The first-order valence-corrected chi connectivity index (χ1v) is 4.66. The molecule has 1 aromatic carbocycles. The Bertz CT molecular complexity index is 442. The van der Waals surface area contributed by atoms with Crippen molar-refractivity contribution < 1.29 is 22.9 Å². The van der Waals surface area contributed by atoms with Gasteiger partial charge in [-0.15, -0.1) is 0 Å². The van der Waals surface area contributed by atoms with Crippen LogP contribution in [0.3, 0.4) is 0 Å². The van der Waals surface area contributed by atoms with Gasteiger partial charge in [0.05, 0.1) is 10.5 Å². The Labute approximate surface area is 131 Å². The Kier molecular flexibility index (Phi) is 8.43. The third kappa shape index (κ3) is 5.46. The molecule has 0 radical (unpaired) electrons. The van der Waals surface area contributed by atoms with Crippen LogP contribution in [0.5, 0.6) is 0 Å². The van der Waals surface area contributed by atoms with Crippen LogP contribution in [-0.4, -0.2) is 83.2 Å². The topological polar surface area (TPSA) is 91.7 Å². The standard InChI is InChI=1S/C7H6O5S.2Na.2H/c8-7(9)5-2-1-3-6(4-5)13(10,11)12;;;;/h1-4H,(H,8,9)(H,10,11,12);;;;. The molecular formula is C7H8Na2O5S. The van der Waals surface area contributed by atoms with Crippen molar-refractivity contribution in [2.45, 2.75) is 4.90 Å². The van der Waals surface area contributed by atoms with Crippen molar-refractivity contribution in [2.24, 2.45) is 0 Å². The van der Waals surface area contributed by atoms with Crippen LogP contribution in [0.2, 0.25) is 0 Å². The van der Waals surface area contributed by atoms with Gasteiger partial charge in [0.1, 0.15) is 0 Å². The van der Waals surface area contributed by atoms with Crippen molar-refractivity contribution >= 4 is 75.2 Å². The Morgan fingerprint density at radius 3 is 2.13 bits per heavy atom. The fourth-order valence-corrected chi connectivity index (χ4v) is 1.32. The van der Waals surface area contributed by atoms with Crippen LogP contribution in [0.25, 0.3) is 0 Å². The van der Waals surface area contributed by atoms with Crippen molar-refractivity contribution in [2.75, 3.05) is 0 Å². The Balaban J connectivity index is 0. The molecule has 2 N–H and O–H groups in total. The van der Waals surface area contributed by atoms with Crippen molar-refractivity contribution in [3.8, 4) is 0 Å². The summed E-state index contributed by atoms with van der Waals surface area (Å²) < 4.78 is 29.7. The predicted molar refractivity (Wildman–Crippen MR) is 57.5 cm³/mol. The molecule has 0 atom stereocenters. The van der Waals surface area contributed by atoms with Crippen LogP contribution in [0, 0.1) is 0 Å². The van der Waals surface area contributed by atoms with E-state index in [0.717, 1.165) is 12.1 Å². The Hall–Kier alpha value is 0.600. The first-order chi connectivity index (χ1) is 5.91. The second-order valence-corrected chi connectivity index (χ2v) is 3.73. The van der Waals surface area contributed by atoms with Crippen molar-refractivity contribution in [1.29, 1.82) is 0 Å². The SMILES string of the molecule is O=C(O)c1cccc(S(=O)(=O)O)c1.[NaH].[NaH]. The van der Waals surface area contributed by atoms with Gasteiger partial charge in [-0.05, 0) is 18.2 Å². The summed E-state index contributed by atoms with van der Waals surface area (Å²) in [5, 5.41) is 8.50. The molecule has 0 fully saturated rings. The predicted octanol–water partition coefficient (Wildman–Crippen LogP) is -0.666. The van der Waals surface area contributed by atoms with E-state index in [1.54, 1.807) is 0 Å². The summed E-state index contributed by atoms with van der Waals surface area (Å²) in [5.74, 6) is -1.24. The van der Waals surface area contributed by atoms with Gasteiger partial charge in [-0.3, -0.25) is 4.55 Å². The number of carboxylic acid groups (broad SMARTS) is 1. The third-order valence-corrected chi connectivity index (χ3v) is 2.23. The molecule has 8 heteroatoms. The maximum atomic E-state index is 10.6. The van der Waals surface area contributed by atoms with Crippen LogP contribution in [0.1, 0.15) is 10.4 Å².